The molecule has 2 aliphatic heterocycles. The van der Waals surface area contributed by atoms with E-state index in [2.05, 4.69) is 16.7 Å². The number of carbonyl (C=O) groups excluding carboxylic acids is 1. The van der Waals surface area contributed by atoms with Crippen LogP contribution in [-0.4, -0.2) is 38.4 Å². The minimum absolute atomic E-state index is 0. The van der Waals surface area contributed by atoms with Gasteiger partial charge in [0.1, 0.15) is 0 Å². The predicted octanol–water partition coefficient (Wildman–Crippen LogP) is 1.11. The third kappa shape index (κ3) is 3.49. The minimum Gasteiger partial charge on any atom is -0.376 e. The van der Waals surface area contributed by atoms with E-state index in [0.717, 1.165) is 25.2 Å². The molecular formula is C14H19ClN2O3. The largest absolute Gasteiger partial charge is 0.376 e. The Morgan fingerprint density at radius 3 is 3.00 bits per heavy atom. The van der Waals surface area contributed by atoms with Crippen molar-refractivity contribution in [3.63, 3.8) is 0 Å². The molecule has 1 aromatic rings. The Morgan fingerprint density at radius 1 is 1.30 bits per heavy atom. The number of fused-ring (bicyclic) bond motifs is 1. The molecule has 1 amide bonds. The first-order valence-corrected chi connectivity index (χ1v) is 6.66. The zero-order chi connectivity index (χ0) is 13.1. The molecule has 1 atom stereocenters. The number of amides is 1. The van der Waals surface area contributed by atoms with E-state index < -0.39 is 6.10 Å². The Balaban J connectivity index is 0.00000147. The summed E-state index contributed by atoms with van der Waals surface area (Å²) in [5, 5.41) is 6.22. The smallest absolute Gasteiger partial charge is 0.255 e. The average molecular weight is 299 g/mol. The fraction of sp³-hybridized carbons (Fsp3) is 0.500. The lowest BCUT2D eigenvalue weighted by molar-refractivity contribution is -0.142. The van der Waals surface area contributed by atoms with E-state index in [1.165, 1.54) is 11.1 Å². The number of anilines is 1. The summed E-state index contributed by atoms with van der Waals surface area (Å²) in [6.45, 7) is 3.26. The molecule has 2 aliphatic rings. The zero-order valence-electron chi connectivity index (χ0n) is 11.2. The predicted molar refractivity (Wildman–Crippen MR) is 78.3 cm³/mol. The van der Waals surface area contributed by atoms with Crippen LogP contribution in [0.5, 0.6) is 0 Å². The summed E-state index contributed by atoms with van der Waals surface area (Å²) in [6, 6.07) is 6.07. The van der Waals surface area contributed by atoms with Crippen molar-refractivity contribution in [3.05, 3.63) is 29.3 Å². The standard InChI is InChI=1S/C14H18N2O3.ClH/c17-14(13-9-18-5-6-19-13)16-12-2-1-10-3-4-15-8-11(10)7-12;/h1-2,7,13,15H,3-6,8-9H2,(H,16,17);1H. The molecule has 6 heteroatoms. The Morgan fingerprint density at radius 2 is 2.20 bits per heavy atom. The lowest BCUT2D eigenvalue weighted by Gasteiger charge is -2.23. The van der Waals surface area contributed by atoms with Crippen molar-refractivity contribution in [2.24, 2.45) is 0 Å². The molecule has 0 saturated carbocycles. The molecule has 1 fully saturated rings. The van der Waals surface area contributed by atoms with E-state index >= 15 is 0 Å². The van der Waals surface area contributed by atoms with Crippen molar-refractivity contribution >= 4 is 24.0 Å². The van der Waals surface area contributed by atoms with Gasteiger partial charge < -0.3 is 20.1 Å². The number of hydrogen-bond acceptors (Lipinski definition) is 4. The average Bonchev–Trinajstić information content (AvgIpc) is 2.48. The molecule has 0 bridgehead atoms. The van der Waals surface area contributed by atoms with Crippen LogP contribution >= 0.6 is 12.4 Å². The number of ether oxygens (including phenoxy) is 2. The lowest BCUT2D eigenvalue weighted by Crippen LogP contribution is -2.39. The normalized spacial score (nSPS) is 21.5. The topological polar surface area (TPSA) is 59.6 Å². The molecule has 3 rings (SSSR count). The van der Waals surface area contributed by atoms with Gasteiger partial charge >= 0.3 is 0 Å². The van der Waals surface area contributed by atoms with Gasteiger partial charge in [0.2, 0.25) is 0 Å². The number of halogens is 1. The van der Waals surface area contributed by atoms with Gasteiger partial charge in [0, 0.05) is 12.2 Å². The minimum atomic E-state index is -0.497. The second-order valence-electron chi connectivity index (χ2n) is 4.83. The summed E-state index contributed by atoms with van der Waals surface area (Å²) in [5.41, 5.74) is 3.43. The second kappa shape index (κ2) is 7.04. The molecule has 0 aromatic heterocycles. The number of hydrogen-bond donors (Lipinski definition) is 2. The van der Waals surface area contributed by atoms with Crippen molar-refractivity contribution in [1.29, 1.82) is 0 Å². The maximum absolute atomic E-state index is 12.0. The molecule has 1 unspecified atom stereocenters. The van der Waals surface area contributed by atoms with Crippen LogP contribution in [0, 0.1) is 0 Å². The molecular weight excluding hydrogens is 280 g/mol. The summed E-state index contributed by atoms with van der Waals surface area (Å²) < 4.78 is 10.6. The van der Waals surface area contributed by atoms with E-state index in [1.54, 1.807) is 0 Å². The maximum atomic E-state index is 12.0. The van der Waals surface area contributed by atoms with Crippen LogP contribution in [0.4, 0.5) is 5.69 Å². The Hall–Kier alpha value is -1.14. The fourth-order valence-electron chi connectivity index (χ4n) is 2.42. The highest BCUT2D eigenvalue weighted by atomic mass is 35.5. The van der Waals surface area contributed by atoms with Gasteiger partial charge in [-0.25, -0.2) is 0 Å². The van der Waals surface area contributed by atoms with E-state index in [4.69, 9.17) is 9.47 Å². The first kappa shape index (κ1) is 15.3. The highest BCUT2D eigenvalue weighted by Gasteiger charge is 2.22. The van der Waals surface area contributed by atoms with Crippen molar-refractivity contribution < 1.29 is 14.3 Å². The van der Waals surface area contributed by atoms with E-state index in [1.807, 2.05) is 12.1 Å². The van der Waals surface area contributed by atoms with Crippen LogP contribution in [0.25, 0.3) is 0 Å². The molecule has 2 N–H and O–H groups in total. The number of nitrogens with one attached hydrogen (secondary N) is 2. The highest BCUT2D eigenvalue weighted by molar-refractivity contribution is 5.94. The maximum Gasteiger partial charge on any atom is 0.255 e. The Labute approximate surface area is 124 Å². The summed E-state index contributed by atoms with van der Waals surface area (Å²) in [6.07, 6.45) is 0.547. The Bertz CT molecular complexity index is 475. The van der Waals surface area contributed by atoms with Crippen LogP contribution < -0.4 is 10.6 Å². The molecule has 5 nitrogen and oxygen atoms in total. The molecule has 20 heavy (non-hydrogen) atoms. The highest BCUT2D eigenvalue weighted by Crippen LogP contribution is 2.19. The first-order chi connectivity index (χ1) is 9.33. The quantitative estimate of drug-likeness (QED) is 0.859. The molecule has 0 spiro atoms. The van der Waals surface area contributed by atoms with Gasteiger partial charge in [-0.2, -0.15) is 0 Å². The summed E-state index contributed by atoms with van der Waals surface area (Å²) in [4.78, 5) is 12.0. The van der Waals surface area contributed by atoms with E-state index in [0.29, 0.717) is 19.8 Å². The van der Waals surface area contributed by atoms with Gasteiger partial charge in [0.15, 0.2) is 6.10 Å². The van der Waals surface area contributed by atoms with Crippen molar-refractivity contribution in [1.82, 2.24) is 5.32 Å². The molecule has 0 aliphatic carbocycles. The van der Waals surface area contributed by atoms with Crippen LogP contribution in [0.3, 0.4) is 0 Å². The SMILES string of the molecule is Cl.O=C(Nc1ccc2c(c1)CNCC2)C1COCCO1. The zero-order valence-corrected chi connectivity index (χ0v) is 12.0. The molecule has 110 valence electrons. The van der Waals surface area contributed by atoms with Crippen LogP contribution in [0.2, 0.25) is 0 Å². The summed E-state index contributed by atoms with van der Waals surface area (Å²) >= 11 is 0. The van der Waals surface area contributed by atoms with Crippen LogP contribution in [0.15, 0.2) is 18.2 Å². The van der Waals surface area contributed by atoms with Gasteiger partial charge in [0.25, 0.3) is 5.91 Å². The third-order valence-electron chi connectivity index (χ3n) is 3.47. The van der Waals surface area contributed by atoms with E-state index in [9.17, 15) is 4.79 Å². The van der Waals surface area contributed by atoms with Crippen molar-refractivity contribution in [2.75, 3.05) is 31.7 Å². The molecule has 1 aromatic carbocycles. The van der Waals surface area contributed by atoms with Crippen molar-refractivity contribution in [3.8, 4) is 0 Å². The summed E-state index contributed by atoms with van der Waals surface area (Å²) in [5.74, 6) is -0.136. The van der Waals surface area contributed by atoms with Gasteiger partial charge in [-0.3, -0.25) is 4.79 Å². The van der Waals surface area contributed by atoms with Gasteiger partial charge in [-0.15, -0.1) is 12.4 Å². The van der Waals surface area contributed by atoms with Crippen LogP contribution in [0.1, 0.15) is 11.1 Å². The number of carbonyl (C=O) groups is 1. The molecule has 1 saturated heterocycles. The second-order valence-corrected chi connectivity index (χ2v) is 4.83. The molecule has 0 radical (unpaired) electrons. The molecule has 2 heterocycles. The number of benzene rings is 1. The van der Waals surface area contributed by atoms with Crippen LogP contribution in [-0.2, 0) is 27.2 Å². The van der Waals surface area contributed by atoms with Crippen molar-refractivity contribution in [2.45, 2.75) is 19.1 Å². The number of rotatable bonds is 2. The lowest BCUT2D eigenvalue weighted by atomic mass is 10.0. The Kier molecular flexibility index (Phi) is 5.37. The monoisotopic (exact) mass is 298 g/mol. The van der Waals surface area contributed by atoms with E-state index in [-0.39, 0.29) is 18.3 Å². The third-order valence-corrected chi connectivity index (χ3v) is 3.47. The van der Waals surface area contributed by atoms with Gasteiger partial charge in [0.05, 0.1) is 19.8 Å². The van der Waals surface area contributed by atoms with Gasteiger partial charge in [-0.1, -0.05) is 6.07 Å². The first-order valence-electron chi connectivity index (χ1n) is 6.66. The fourth-order valence-corrected chi connectivity index (χ4v) is 2.42. The van der Waals surface area contributed by atoms with Gasteiger partial charge in [-0.05, 0) is 36.2 Å². The summed E-state index contributed by atoms with van der Waals surface area (Å²) in [7, 11) is 0.